The fourth-order valence-corrected chi connectivity index (χ4v) is 2.16. The molecule has 23 heavy (non-hydrogen) atoms. The Morgan fingerprint density at radius 2 is 1.87 bits per heavy atom. The second kappa shape index (κ2) is 7.65. The number of hydrogen-bond acceptors (Lipinski definition) is 3. The van der Waals surface area contributed by atoms with Crippen molar-refractivity contribution < 1.29 is 19.4 Å². The van der Waals surface area contributed by atoms with E-state index in [-0.39, 0.29) is 18.0 Å². The van der Waals surface area contributed by atoms with E-state index in [0.717, 1.165) is 5.56 Å². The zero-order chi connectivity index (χ0) is 16.8. The van der Waals surface area contributed by atoms with E-state index in [1.54, 1.807) is 30.3 Å². The molecule has 5 nitrogen and oxygen atoms in total. The molecule has 0 saturated heterocycles. The average molecular weight is 334 g/mol. The van der Waals surface area contributed by atoms with Crippen LogP contribution in [-0.4, -0.2) is 23.6 Å². The predicted octanol–water partition coefficient (Wildman–Crippen LogP) is 3.37. The number of halogens is 1. The Balaban J connectivity index is 2.06. The largest absolute Gasteiger partial charge is 0.493 e. The third kappa shape index (κ3) is 4.47. The number of carbonyl (C=O) groups is 2. The van der Waals surface area contributed by atoms with Gasteiger partial charge in [0.15, 0.2) is 0 Å². The maximum atomic E-state index is 12.3. The van der Waals surface area contributed by atoms with Gasteiger partial charge in [0.1, 0.15) is 5.75 Å². The van der Waals surface area contributed by atoms with E-state index >= 15 is 0 Å². The maximum Gasteiger partial charge on any atom is 0.335 e. The van der Waals surface area contributed by atoms with E-state index in [2.05, 4.69) is 5.32 Å². The number of benzene rings is 2. The van der Waals surface area contributed by atoms with Crippen LogP contribution in [0.2, 0.25) is 5.02 Å². The summed E-state index contributed by atoms with van der Waals surface area (Å²) >= 11 is 5.91. The number of aromatic carboxylic acids is 1. The van der Waals surface area contributed by atoms with E-state index in [0.29, 0.717) is 22.9 Å². The average Bonchev–Trinajstić information content (AvgIpc) is 2.53. The Morgan fingerprint density at radius 1 is 1.17 bits per heavy atom. The van der Waals surface area contributed by atoms with E-state index in [9.17, 15) is 9.59 Å². The van der Waals surface area contributed by atoms with Crippen molar-refractivity contribution in [2.24, 2.45) is 0 Å². The zero-order valence-corrected chi connectivity index (χ0v) is 13.3. The SMILES string of the molecule is CCOc1cc(Cl)ccc1C(=O)NCc1ccc(C(=O)O)cc1. The first kappa shape index (κ1) is 16.8. The summed E-state index contributed by atoms with van der Waals surface area (Å²) in [6.45, 7) is 2.54. The van der Waals surface area contributed by atoms with Crippen molar-refractivity contribution in [3.8, 4) is 5.75 Å². The van der Waals surface area contributed by atoms with Crippen molar-refractivity contribution in [1.82, 2.24) is 5.32 Å². The van der Waals surface area contributed by atoms with E-state index in [4.69, 9.17) is 21.4 Å². The quantitative estimate of drug-likeness (QED) is 0.849. The number of amides is 1. The number of nitrogens with one attached hydrogen (secondary N) is 1. The van der Waals surface area contributed by atoms with Crippen LogP contribution in [0.5, 0.6) is 5.75 Å². The van der Waals surface area contributed by atoms with Crippen molar-refractivity contribution in [3.05, 3.63) is 64.2 Å². The molecule has 2 aromatic rings. The van der Waals surface area contributed by atoms with Gasteiger partial charge in [-0.3, -0.25) is 4.79 Å². The summed E-state index contributed by atoms with van der Waals surface area (Å²) in [5, 5.41) is 12.1. The van der Waals surface area contributed by atoms with Crippen LogP contribution in [0.15, 0.2) is 42.5 Å². The van der Waals surface area contributed by atoms with E-state index < -0.39 is 5.97 Å². The molecule has 0 aliphatic heterocycles. The van der Waals surface area contributed by atoms with Crippen LogP contribution in [0.1, 0.15) is 33.2 Å². The molecule has 1 amide bonds. The van der Waals surface area contributed by atoms with Gasteiger partial charge in [-0.2, -0.15) is 0 Å². The Kier molecular flexibility index (Phi) is 5.60. The molecule has 2 rings (SSSR count). The van der Waals surface area contributed by atoms with Crippen LogP contribution in [0.25, 0.3) is 0 Å². The van der Waals surface area contributed by atoms with Crippen LogP contribution in [0.4, 0.5) is 0 Å². The molecular weight excluding hydrogens is 318 g/mol. The van der Waals surface area contributed by atoms with Gasteiger partial charge in [-0.15, -0.1) is 0 Å². The van der Waals surface area contributed by atoms with Gasteiger partial charge >= 0.3 is 5.97 Å². The van der Waals surface area contributed by atoms with Crippen molar-refractivity contribution >= 4 is 23.5 Å². The minimum absolute atomic E-state index is 0.205. The Labute approximate surface area is 138 Å². The Bertz CT molecular complexity index is 713. The molecule has 0 unspecified atom stereocenters. The Hall–Kier alpha value is -2.53. The summed E-state index contributed by atoms with van der Waals surface area (Å²) in [4.78, 5) is 23.1. The summed E-state index contributed by atoms with van der Waals surface area (Å²) in [5.74, 6) is -0.839. The van der Waals surface area contributed by atoms with Gasteiger partial charge in [0.25, 0.3) is 5.91 Å². The van der Waals surface area contributed by atoms with E-state index in [1.165, 1.54) is 12.1 Å². The minimum atomic E-state index is -0.983. The number of rotatable bonds is 6. The highest BCUT2D eigenvalue weighted by atomic mass is 35.5. The highest BCUT2D eigenvalue weighted by molar-refractivity contribution is 6.30. The molecule has 6 heteroatoms. The summed E-state index contributed by atoms with van der Waals surface area (Å²) in [5.41, 5.74) is 1.41. The summed E-state index contributed by atoms with van der Waals surface area (Å²) in [6, 6.07) is 11.2. The van der Waals surface area contributed by atoms with Crippen LogP contribution in [0, 0.1) is 0 Å². The molecule has 0 bridgehead atoms. The number of hydrogen-bond donors (Lipinski definition) is 2. The molecule has 0 heterocycles. The third-order valence-electron chi connectivity index (χ3n) is 3.14. The van der Waals surface area contributed by atoms with Gasteiger partial charge in [0.2, 0.25) is 0 Å². The lowest BCUT2D eigenvalue weighted by molar-refractivity contribution is 0.0696. The first-order valence-corrected chi connectivity index (χ1v) is 7.42. The molecule has 0 fully saturated rings. The smallest absolute Gasteiger partial charge is 0.335 e. The monoisotopic (exact) mass is 333 g/mol. The van der Waals surface area contributed by atoms with Crippen LogP contribution >= 0.6 is 11.6 Å². The van der Waals surface area contributed by atoms with Crippen molar-refractivity contribution in [2.45, 2.75) is 13.5 Å². The number of ether oxygens (including phenoxy) is 1. The number of carboxylic acid groups (broad SMARTS) is 1. The lowest BCUT2D eigenvalue weighted by atomic mass is 10.1. The van der Waals surface area contributed by atoms with E-state index in [1.807, 2.05) is 6.92 Å². The fourth-order valence-electron chi connectivity index (χ4n) is 2.00. The van der Waals surface area contributed by atoms with Gasteiger partial charge in [0, 0.05) is 11.6 Å². The second-order valence-corrected chi connectivity index (χ2v) is 5.19. The molecule has 0 aromatic heterocycles. The predicted molar refractivity (Wildman–Crippen MR) is 87.2 cm³/mol. The Morgan fingerprint density at radius 3 is 2.48 bits per heavy atom. The molecule has 0 atom stereocenters. The first-order chi connectivity index (χ1) is 11.0. The summed E-state index contributed by atoms with van der Waals surface area (Å²) < 4.78 is 5.42. The summed E-state index contributed by atoms with van der Waals surface area (Å²) in [6.07, 6.45) is 0. The summed E-state index contributed by atoms with van der Waals surface area (Å²) in [7, 11) is 0. The first-order valence-electron chi connectivity index (χ1n) is 7.04. The second-order valence-electron chi connectivity index (χ2n) is 4.76. The lowest BCUT2D eigenvalue weighted by Gasteiger charge is -2.11. The highest BCUT2D eigenvalue weighted by Crippen LogP contribution is 2.23. The lowest BCUT2D eigenvalue weighted by Crippen LogP contribution is -2.23. The molecule has 2 aromatic carbocycles. The molecule has 0 spiro atoms. The van der Waals surface area contributed by atoms with Gasteiger partial charge in [-0.25, -0.2) is 4.79 Å². The third-order valence-corrected chi connectivity index (χ3v) is 3.38. The van der Waals surface area contributed by atoms with Crippen molar-refractivity contribution in [2.75, 3.05) is 6.61 Å². The molecule has 0 aliphatic rings. The van der Waals surface area contributed by atoms with Crippen molar-refractivity contribution in [1.29, 1.82) is 0 Å². The number of carboxylic acids is 1. The highest BCUT2D eigenvalue weighted by Gasteiger charge is 2.13. The number of carbonyl (C=O) groups excluding carboxylic acids is 1. The van der Waals surface area contributed by atoms with Gasteiger partial charge in [-0.05, 0) is 42.8 Å². The van der Waals surface area contributed by atoms with Crippen LogP contribution in [-0.2, 0) is 6.54 Å². The fraction of sp³-hybridized carbons (Fsp3) is 0.176. The molecule has 120 valence electrons. The van der Waals surface area contributed by atoms with Crippen LogP contribution in [0.3, 0.4) is 0 Å². The van der Waals surface area contributed by atoms with Gasteiger partial charge in [0.05, 0.1) is 17.7 Å². The molecular formula is C17H16ClNO4. The normalized spacial score (nSPS) is 10.2. The molecule has 2 N–H and O–H groups in total. The standard InChI is InChI=1S/C17H16ClNO4/c1-2-23-15-9-13(18)7-8-14(15)16(20)19-10-11-3-5-12(6-4-11)17(21)22/h3-9H,2,10H2,1H3,(H,19,20)(H,21,22). The van der Waals surface area contributed by atoms with Gasteiger partial charge in [-0.1, -0.05) is 23.7 Å². The molecule has 0 radical (unpaired) electrons. The van der Waals surface area contributed by atoms with Crippen LogP contribution < -0.4 is 10.1 Å². The zero-order valence-electron chi connectivity index (χ0n) is 12.5. The minimum Gasteiger partial charge on any atom is -0.493 e. The van der Waals surface area contributed by atoms with Crippen molar-refractivity contribution in [3.63, 3.8) is 0 Å². The maximum absolute atomic E-state index is 12.3. The molecule has 0 saturated carbocycles. The topological polar surface area (TPSA) is 75.6 Å². The molecule has 0 aliphatic carbocycles. The van der Waals surface area contributed by atoms with Gasteiger partial charge < -0.3 is 15.2 Å².